The van der Waals surface area contributed by atoms with Gasteiger partial charge in [-0.2, -0.15) is 0 Å². The van der Waals surface area contributed by atoms with Crippen LogP contribution in [0.3, 0.4) is 0 Å². The van der Waals surface area contributed by atoms with Crippen LogP contribution in [-0.2, 0) is 13.0 Å². The van der Waals surface area contributed by atoms with Crippen molar-refractivity contribution in [1.82, 2.24) is 4.90 Å². The molecule has 2 heterocycles. The average Bonchev–Trinajstić information content (AvgIpc) is 2.85. The van der Waals surface area contributed by atoms with E-state index >= 15 is 0 Å². The van der Waals surface area contributed by atoms with Gasteiger partial charge in [0.05, 0.1) is 0 Å². The van der Waals surface area contributed by atoms with Crippen molar-refractivity contribution in [1.29, 1.82) is 0 Å². The van der Waals surface area contributed by atoms with Gasteiger partial charge in [0.25, 0.3) is 0 Å². The topological polar surface area (TPSA) is 3.24 Å². The number of benzene rings is 1. The highest BCUT2D eigenvalue weighted by Crippen LogP contribution is 2.31. The van der Waals surface area contributed by atoms with E-state index in [1.54, 1.807) is 4.88 Å². The Hall–Kier alpha value is -1.12. The first-order valence-electron chi connectivity index (χ1n) is 6.60. The van der Waals surface area contributed by atoms with Crippen molar-refractivity contribution in [2.24, 2.45) is 0 Å². The second kappa shape index (κ2) is 4.87. The molecule has 0 fully saturated rings. The summed E-state index contributed by atoms with van der Waals surface area (Å²) in [5.41, 5.74) is 4.41. The SMILES string of the molecule is Cc1ccccc1C(C)N1CCc2sccc2C1. The van der Waals surface area contributed by atoms with E-state index in [0.29, 0.717) is 6.04 Å². The quantitative estimate of drug-likeness (QED) is 0.780. The van der Waals surface area contributed by atoms with Crippen LogP contribution in [0.2, 0.25) is 0 Å². The Labute approximate surface area is 113 Å². The maximum atomic E-state index is 2.59. The molecule has 2 aromatic rings. The number of aryl methyl sites for hydroxylation is 1. The van der Waals surface area contributed by atoms with E-state index in [4.69, 9.17) is 0 Å². The molecule has 0 spiro atoms. The van der Waals surface area contributed by atoms with Crippen LogP contribution in [-0.4, -0.2) is 11.4 Å². The summed E-state index contributed by atoms with van der Waals surface area (Å²) >= 11 is 1.91. The minimum Gasteiger partial charge on any atom is -0.292 e. The van der Waals surface area contributed by atoms with Crippen LogP contribution in [0.5, 0.6) is 0 Å². The maximum Gasteiger partial charge on any atom is 0.0326 e. The van der Waals surface area contributed by atoms with Gasteiger partial charge in [-0.15, -0.1) is 11.3 Å². The third kappa shape index (κ3) is 2.11. The van der Waals surface area contributed by atoms with Gasteiger partial charge in [-0.25, -0.2) is 0 Å². The minimum absolute atomic E-state index is 0.513. The summed E-state index contributed by atoms with van der Waals surface area (Å²) < 4.78 is 0. The highest BCUT2D eigenvalue weighted by Gasteiger charge is 2.22. The fourth-order valence-electron chi connectivity index (χ4n) is 2.85. The van der Waals surface area contributed by atoms with E-state index in [0.717, 1.165) is 6.54 Å². The summed E-state index contributed by atoms with van der Waals surface area (Å²) in [6.45, 7) is 6.84. The van der Waals surface area contributed by atoms with Gasteiger partial charge in [-0.05, 0) is 48.4 Å². The van der Waals surface area contributed by atoms with Gasteiger partial charge < -0.3 is 0 Å². The number of fused-ring (bicyclic) bond motifs is 1. The number of hydrogen-bond acceptors (Lipinski definition) is 2. The molecule has 0 saturated heterocycles. The van der Waals surface area contributed by atoms with E-state index < -0.39 is 0 Å². The molecule has 0 saturated carbocycles. The van der Waals surface area contributed by atoms with Crippen LogP contribution in [0.4, 0.5) is 0 Å². The van der Waals surface area contributed by atoms with Crippen molar-refractivity contribution in [3.63, 3.8) is 0 Å². The zero-order valence-electron chi connectivity index (χ0n) is 11.0. The van der Waals surface area contributed by atoms with Crippen molar-refractivity contribution in [2.45, 2.75) is 32.9 Å². The molecule has 0 radical (unpaired) electrons. The van der Waals surface area contributed by atoms with Gasteiger partial charge in [-0.3, -0.25) is 4.90 Å². The van der Waals surface area contributed by atoms with Crippen LogP contribution >= 0.6 is 11.3 Å². The minimum atomic E-state index is 0.513. The van der Waals surface area contributed by atoms with E-state index in [1.165, 1.54) is 29.7 Å². The Bertz CT molecular complexity index is 544. The lowest BCUT2D eigenvalue weighted by Gasteiger charge is -2.33. The monoisotopic (exact) mass is 257 g/mol. The molecule has 18 heavy (non-hydrogen) atoms. The molecule has 0 bridgehead atoms. The lowest BCUT2D eigenvalue weighted by Crippen LogP contribution is -2.32. The molecular formula is C16H19NS. The number of hydrogen-bond donors (Lipinski definition) is 0. The molecule has 1 aromatic carbocycles. The highest BCUT2D eigenvalue weighted by molar-refractivity contribution is 7.10. The van der Waals surface area contributed by atoms with E-state index in [9.17, 15) is 0 Å². The molecule has 1 nitrogen and oxygen atoms in total. The van der Waals surface area contributed by atoms with Crippen LogP contribution < -0.4 is 0 Å². The lowest BCUT2D eigenvalue weighted by atomic mass is 9.99. The molecule has 1 aliphatic heterocycles. The van der Waals surface area contributed by atoms with Crippen LogP contribution in [0.15, 0.2) is 35.7 Å². The molecule has 1 aromatic heterocycles. The van der Waals surface area contributed by atoms with Gasteiger partial charge in [0.15, 0.2) is 0 Å². The second-order valence-electron chi connectivity index (χ2n) is 5.12. The molecule has 2 heteroatoms. The van der Waals surface area contributed by atoms with Crippen LogP contribution in [0, 0.1) is 6.92 Å². The first-order valence-corrected chi connectivity index (χ1v) is 7.48. The summed E-state index contributed by atoms with van der Waals surface area (Å²) in [4.78, 5) is 4.18. The van der Waals surface area contributed by atoms with Gasteiger partial charge >= 0.3 is 0 Å². The molecule has 0 aliphatic carbocycles. The maximum absolute atomic E-state index is 2.59. The van der Waals surface area contributed by atoms with Crippen LogP contribution in [0.1, 0.15) is 34.5 Å². The van der Waals surface area contributed by atoms with E-state index in [2.05, 4.69) is 54.5 Å². The molecule has 1 atom stereocenters. The van der Waals surface area contributed by atoms with Crippen molar-refractivity contribution in [3.05, 3.63) is 57.3 Å². The highest BCUT2D eigenvalue weighted by atomic mass is 32.1. The fraction of sp³-hybridized carbons (Fsp3) is 0.375. The number of thiophene rings is 1. The van der Waals surface area contributed by atoms with Crippen molar-refractivity contribution < 1.29 is 0 Å². The van der Waals surface area contributed by atoms with E-state index in [1.807, 2.05) is 11.3 Å². The standard InChI is InChI=1S/C16H19NS/c1-12-5-3-4-6-15(12)13(2)17-9-7-16-14(11-17)8-10-18-16/h3-6,8,10,13H,7,9,11H2,1-2H3. The zero-order valence-corrected chi connectivity index (χ0v) is 11.8. The first kappa shape index (κ1) is 11.9. The van der Waals surface area contributed by atoms with Crippen LogP contribution in [0.25, 0.3) is 0 Å². The van der Waals surface area contributed by atoms with Crippen molar-refractivity contribution in [2.75, 3.05) is 6.54 Å². The first-order chi connectivity index (χ1) is 8.75. The average molecular weight is 257 g/mol. The zero-order chi connectivity index (χ0) is 12.5. The molecule has 3 rings (SSSR count). The molecule has 1 aliphatic rings. The summed E-state index contributed by atoms with van der Waals surface area (Å²) in [6, 6.07) is 11.6. The van der Waals surface area contributed by atoms with Gasteiger partial charge in [0.1, 0.15) is 0 Å². The van der Waals surface area contributed by atoms with Gasteiger partial charge in [0, 0.05) is 24.0 Å². The predicted octanol–water partition coefficient (Wildman–Crippen LogP) is 4.18. The van der Waals surface area contributed by atoms with Crippen molar-refractivity contribution in [3.8, 4) is 0 Å². The third-order valence-electron chi connectivity index (χ3n) is 4.02. The normalized spacial score (nSPS) is 17.4. The summed E-state index contributed by atoms with van der Waals surface area (Å²) in [6.07, 6.45) is 1.21. The Morgan fingerprint density at radius 1 is 1.22 bits per heavy atom. The Kier molecular flexibility index (Phi) is 3.23. The lowest BCUT2D eigenvalue weighted by molar-refractivity contribution is 0.193. The molecule has 0 N–H and O–H groups in total. The summed E-state index contributed by atoms with van der Waals surface area (Å²) in [7, 11) is 0. The smallest absolute Gasteiger partial charge is 0.0326 e. The Morgan fingerprint density at radius 2 is 2.06 bits per heavy atom. The second-order valence-corrected chi connectivity index (χ2v) is 6.12. The van der Waals surface area contributed by atoms with Crippen molar-refractivity contribution >= 4 is 11.3 Å². The van der Waals surface area contributed by atoms with Gasteiger partial charge in [0.2, 0.25) is 0 Å². The Balaban J connectivity index is 1.83. The largest absolute Gasteiger partial charge is 0.292 e. The summed E-state index contributed by atoms with van der Waals surface area (Å²) in [5, 5.41) is 2.23. The third-order valence-corrected chi connectivity index (χ3v) is 5.05. The molecule has 0 amide bonds. The number of nitrogens with zero attached hydrogens (tertiary/aromatic N) is 1. The number of rotatable bonds is 2. The predicted molar refractivity (Wildman–Crippen MR) is 78.0 cm³/mol. The fourth-order valence-corrected chi connectivity index (χ4v) is 3.74. The Morgan fingerprint density at radius 3 is 2.89 bits per heavy atom. The van der Waals surface area contributed by atoms with E-state index in [-0.39, 0.29) is 0 Å². The molecule has 1 unspecified atom stereocenters. The summed E-state index contributed by atoms with van der Waals surface area (Å²) in [5.74, 6) is 0. The van der Waals surface area contributed by atoms with Gasteiger partial charge in [-0.1, -0.05) is 24.3 Å². The molecular weight excluding hydrogens is 238 g/mol. The molecule has 94 valence electrons.